The molecule has 12 atom stereocenters. The van der Waals surface area contributed by atoms with Crippen molar-refractivity contribution in [3.63, 3.8) is 0 Å². The maximum absolute atomic E-state index is 14.2. The van der Waals surface area contributed by atoms with E-state index in [1.54, 1.807) is 0 Å². The van der Waals surface area contributed by atoms with E-state index in [0.29, 0.717) is 25.4 Å². The third-order valence-corrected chi connectivity index (χ3v) is 10.9. The third-order valence-electron chi connectivity index (χ3n) is 10.9. The predicted molar refractivity (Wildman–Crippen MR) is 100 cm³/mol. The number of nitrogens with zero attached hydrogens (tertiary/aromatic N) is 1. The van der Waals surface area contributed by atoms with Gasteiger partial charge in [0.2, 0.25) is 0 Å². The Morgan fingerprint density at radius 2 is 1.96 bits per heavy atom. The molecule has 5 saturated carbocycles. The Hall–Kier alpha value is -0.460. The number of likely N-dealkylation sites (tertiary alicyclic amines) is 1. The molecular weight excluding hydrogens is 342 g/mol. The summed E-state index contributed by atoms with van der Waals surface area (Å²) < 4.78 is -0.215. The molecule has 0 radical (unpaired) electrons. The fourth-order valence-corrected chi connectivity index (χ4v) is 10.3. The minimum atomic E-state index is -0.638. The molecule has 0 aromatic carbocycles. The second-order valence-corrected chi connectivity index (χ2v) is 11.2. The zero-order valence-electron chi connectivity index (χ0n) is 16.5. The van der Waals surface area contributed by atoms with E-state index in [0.717, 1.165) is 31.3 Å². The van der Waals surface area contributed by atoms with Gasteiger partial charge in [-0.05, 0) is 56.4 Å². The maximum Gasteiger partial charge on any atom is 0.101 e. The lowest BCUT2D eigenvalue weighted by molar-refractivity contribution is -0.927. The lowest BCUT2D eigenvalue weighted by Crippen LogP contribution is -2.73. The van der Waals surface area contributed by atoms with Gasteiger partial charge in [-0.2, -0.15) is 0 Å². The number of aliphatic hydroxyl groups excluding tert-OH is 3. The number of rotatable bonds is 1. The number of aliphatic hydroxyl groups is 3. The fourth-order valence-electron chi connectivity index (χ4n) is 10.3. The van der Waals surface area contributed by atoms with Crippen LogP contribution in [0.3, 0.4) is 0 Å². The molecule has 5 aliphatic carbocycles. The average molecular weight is 376 g/mol. The van der Waals surface area contributed by atoms with Gasteiger partial charge >= 0.3 is 0 Å². The normalized spacial score (nSPS) is 68.3. The SMILES string of the molecule is C=C1[C@H]2C[C@]3(C4C[C@H]5[C@@]6(C)CC[C@H](O)[C@]5(C3C[C@@H]2O)C4[N+]([O-])(CC)C6)[C@@H]1O. The summed E-state index contributed by atoms with van der Waals surface area (Å²) in [4.78, 5) is 0. The molecule has 0 aromatic heterocycles. The van der Waals surface area contributed by atoms with Crippen LogP contribution in [0.15, 0.2) is 12.2 Å². The van der Waals surface area contributed by atoms with E-state index in [1.165, 1.54) is 0 Å². The van der Waals surface area contributed by atoms with Crippen LogP contribution >= 0.6 is 0 Å². The molecule has 1 aliphatic heterocycles. The van der Waals surface area contributed by atoms with E-state index in [9.17, 15) is 20.5 Å². The summed E-state index contributed by atoms with van der Waals surface area (Å²) in [5.41, 5.74) is -0.0521. The average Bonchev–Trinajstić information content (AvgIpc) is 3.17. The molecule has 1 saturated heterocycles. The first-order chi connectivity index (χ1) is 12.7. The zero-order chi connectivity index (χ0) is 19.1. The van der Waals surface area contributed by atoms with E-state index < -0.39 is 23.7 Å². The molecule has 27 heavy (non-hydrogen) atoms. The molecule has 4 unspecified atom stereocenters. The minimum absolute atomic E-state index is 0.0344. The second kappa shape index (κ2) is 4.65. The van der Waals surface area contributed by atoms with Crippen LogP contribution in [-0.2, 0) is 0 Å². The molecule has 1 heterocycles. The van der Waals surface area contributed by atoms with Gasteiger partial charge in [-0.25, -0.2) is 0 Å². The third kappa shape index (κ3) is 1.49. The Kier molecular flexibility index (Phi) is 2.99. The van der Waals surface area contributed by atoms with E-state index >= 15 is 0 Å². The van der Waals surface area contributed by atoms with Crippen LogP contribution in [0.4, 0.5) is 0 Å². The van der Waals surface area contributed by atoms with Gasteiger partial charge in [-0.15, -0.1) is 0 Å². The highest BCUT2D eigenvalue weighted by Gasteiger charge is 2.88. The first kappa shape index (κ1) is 17.4. The lowest BCUT2D eigenvalue weighted by Gasteiger charge is -2.68. The molecule has 0 aromatic rings. The van der Waals surface area contributed by atoms with Crippen LogP contribution in [0, 0.1) is 45.1 Å². The molecule has 6 fully saturated rings. The van der Waals surface area contributed by atoms with Crippen LogP contribution in [0.2, 0.25) is 0 Å². The van der Waals surface area contributed by atoms with Gasteiger partial charge in [0.1, 0.15) is 6.04 Å². The highest BCUT2D eigenvalue weighted by atomic mass is 16.5. The van der Waals surface area contributed by atoms with Crippen LogP contribution in [-0.4, -0.2) is 57.4 Å². The highest BCUT2D eigenvalue weighted by Crippen LogP contribution is 2.84. The van der Waals surface area contributed by atoms with E-state index in [2.05, 4.69) is 13.5 Å². The molecule has 0 amide bonds. The monoisotopic (exact) mass is 375 g/mol. The van der Waals surface area contributed by atoms with Crippen LogP contribution < -0.4 is 0 Å². The second-order valence-electron chi connectivity index (χ2n) is 11.2. The van der Waals surface area contributed by atoms with Crippen molar-refractivity contribution < 1.29 is 20.0 Å². The summed E-state index contributed by atoms with van der Waals surface area (Å²) in [6.07, 6.45) is 2.37. The van der Waals surface area contributed by atoms with Crippen molar-refractivity contribution in [1.82, 2.24) is 0 Å². The summed E-state index contributed by atoms with van der Waals surface area (Å²) in [5.74, 6) is 0.473. The van der Waals surface area contributed by atoms with Gasteiger partial charge in [-0.1, -0.05) is 13.5 Å². The number of piperidine rings is 1. The fraction of sp³-hybridized carbons (Fsp3) is 0.909. The summed E-state index contributed by atoms with van der Waals surface area (Å²) in [5, 5.41) is 48.0. The molecule has 6 aliphatic rings. The number of quaternary nitrogens is 1. The lowest BCUT2D eigenvalue weighted by atomic mass is 9.43. The van der Waals surface area contributed by atoms with Gasteiger partial charge in [-0.3, -0.25) is 0 Å². The minimum Gasteiger partial charge on any atom is -0.633 e. The Morgan fingerprint density at radius 1 is 1.22 bits per heavy atom. The predicted octanol–water partition coefficient (Wildman–Crippen LogP) is 1.80. The molecule has 5 nitrogen and oxygen atoms in total. The van der Waals surface area contributed by atoms with Crippen molar-refractivity contribution in [2.24, 2.45) is 39.9 Å². The number of hydroxylamine groups is 3. The van der Waals surface area contributed by atoms with E-state index in [4.69, 9.17) is 0 Å². The van der Waals surface area contributed by atoms with Crippen molar-refractivity contribution in [3.8, 4) is 0 Å². The van der Waals surface area contributed by atoms with Crippen molar-refractivity contribution in [3.05, 3.63) is 17.4 Å². The maximum atomic E-state index is 14.2. The zero-order valence-corrected chi connectivity index (χ0v) is 16.5. The van der Waals surface area contributed by atoms with Crippen molar-refractivity contribution in [2.75, 3.05) is 13.1 Å². The van der Waals surface area contributed by atoms with E-state index in [1.807, 2.05) is 6.92 Å². The number of hydrogen-bond donors (Lipinski definition) is 3. The van der Waals surface area contributed by atoms with Gasteiger partial charge in [0, 0.05) is 22.7 Å². The molecule has 6 rings (SSSR count). The number of hydrogen-bond acceptors (Lipinski definition) is 4. The molecule has 2 spiro atoms. The first-order valence-corrected chi connectivity index (χ1v) is 11.0. The van der Waals surface area contributed by atoms with Crippen LogP contribution in [0.5, 0.6) is 0 Å². The summed E-state index contributed by atoms with van der Waals surface area (Å²) in [7, 11) is 0. The van der Waals surface area contributed by atoms with Crippen LogP contribution in [0.25, 0.3) is 0 Å². The molecule has 150 valence electrons. The van der Waals surface area contributed by atoms with Gasteiger partial charge in [0.25, 0.3) is 0 Å². The summed E-state index contributed by atoms with van der Waals surface area (Å²) in [6.45, 7) is 9.62. The largest absolute Gasteiger partial charge is 0.633 e. The first-order valence-electron chi connectivity index (χ1n) is 11.0. The van der Waals surface area contributed by atoms with Gasteiger partial charge < -0.3 is 25.2 Å². The Bertz CT molecular complexity index is 742. The quantitative estimate of drug-likeness (QED) is 0.371. The Labute approximate surface area is 161 Å². The molecule has 5 heteroatoms. The highest BCUT2D eigenvalue weighted by molar-refractivity contribution is 5.38. The van der Waals surface area contributed by atoms with Gasteiger partial charge in [0.15, 0.2) is 0 Å². The van der Waals surface area contributed by atoms with E-state index in [-0.39, 0.29) is 39.3 Å². The Morgan fingerprint density at radius 3 is 2.67 bits per heavy atom. The molecule has 7 bridgehead atoms. The van der Waals surface area contributed by atoms with Crippen molar-refractivity contribution >= 4 is 0 Å². The van der Waals surface area contributed by atoms with Crippen LogP contribution in [0.1, 0.15) is 46.0 Å². The summed E-state index contributed by atoms with van der Waals surface area (Å²) >= 11 is 0. The van der Waals surface area contributed by atoms with Gasteiger partial charge in [0.05, 0.1) is 36.8 Å². The smallest absolute Gasteiger partial charge is 0.101 e. The summed E-state index contributed by atoms with van der Waals surface area (Å²) in [6, 6.07) is -0.132. The standard InChI is InChI=1S/C22H33NO4/c1-4-23(27)10-20(3)6-5-17(25)22-15(20)7-13(18(22)23)21-9-12(11(2)19(21)26)14(24)8-16(21)22/h12-19,24-26H,2,4-10H2,1,3H3/t12-,13?,14+,15+,16?,17+,18?,19-,20+,21-,22+,23?/m1/s1. The Balaban J connectivity index is 1.63. The van der Waals surface area contributed by atoms with Crippen molar-refractivity contribution in [2.45, 2.75) is 70.3 Å². The topological polar surface area (TPSA) is 83.8 Å². The number of fused-ring (bicyclic) bond motifs is 1. The molecule has 3 N–H and O–H groups in total. The van der Waals surface area contributed by atoms with Crippen molar-refractivity contribution in [1.29, 1.82) is 0 Å². The molecular formula is C22H33NO4.